The van der Waals surface area contributed by atoms with Gasteiger partial charge in [-0.3, -0.25) is 4.90 Å². The maximum Gasteiger partial charge on any atom is 0.0704 e. The van der Waals surface area contributed by atoms with E-state index in [1.165, 1.54) is 22.5 Å². The summed E-state index contributed by atoms with van der Waals surface area (Å²) < 4.78 is 2.37. The minimum atomic E-state index is 0.337. The number of nitrogens with zero attached hydrogens (tertiary/aromatic N) is 3. The molecule has 1 aliphatic rings. The summed E-state index contributed by atoms with van der Waals surface area (Å²) in [4.78, 5) is 4.67. The van der Waals surface area contributed by atoms with Gasteiger partial charge in [-0.2, -0.15) is 12.6 Å². The van der Waals surface area contributed by atoms with Gasteiger partial charge in [-0.1, -0.05) is 37.3 Å². The molecule has 0 bridgehead atoms. The molecule has 3 nitrogen and oxygen atoms in total. The Morgan fingerprint density at radius 2 is 1.90 bits per heavy atom. The fourth-order valence-electron chi connectivity index (χ4n) is 3.19. The molecule has 0 radical (unpaired) electrons. The van der Waals surface area contributed by atoms with E-state index in [2.05, 4.69) is 84.5 Å². The second kappa shape index (κ2) is 5.78. The molecule has 1 aliphatic heterocycles. The fourth-order valence-corrected chi connectivity index (χ4v) is 3.37. The third-order valence-electron chi connectivity index (χ3n) is 3.96. The van der Waals surface area contributed by atoms with Gasteiger partial charge in [-0.15, -0.1) is 0 Å². The number of hydrogen-bond donors (Lipinski definition) is 1. The van der Waals surface area contributed by atoms with Gasteiger partial charge in [0.25, 0.3) is 0 Å². The Kier molecular flexibility index (Phi) is 4.00. The summed E-state index contributed by atoms with van der Waals surface area (Å²) in [6.07, 6.45) is 2.29. The van der Waals surface area contributed by atoms with E-state index in [4.69, 9.17) is 0 Å². The second-order valence-electron chi connectivity index (χ2n) is 6.06. The molecule has 0 spiro atoms. The fraction of sp³-hybridized carbons (Fsp3) is 0.412. The van der Waals surface area contributed by atoms with Crippen LogP contribution in [0.4, 0.5) is 5.69 Å². The molecule has 0 saturated carbocycles. The van der Waals surface area contributed by atoms with Gasteiger partial charge in [0.1, 0.15) is 0 Å². The molecule has 0 saturated heterocycles. The highest BCUT2D eigenvalue weighted by Crippen LogP contribution is 2.37. The van der Waals surface area contributed by atoms with E-state index < -0.39 is 0 Å². The highest BCUT2D eigenvalue weighted by atomic mass is 32.1. The van der Waals surface area contributed by atoms with Crippen LogP contribution in [-0.4, -0.2) is 35.5 Å². The van der Waals surface area contributed by atoms with Crippen molar-refractivity contribution in [2.45, 2.75) is 25.3 Å². The Morgan fingerprint density at radius 3 is 2.57 bits per heavy atom. The van der Waals surface area contributed by atoms with Crippen molar-refractivity contribution in [3.63, 3.8) is 0 Å². The predicted molar refractivity (Wildman–Crippen MR) is 93.1 cm³/mol. The Labute approximate surface area is 132 Å². The van der Waals surface area contributed by atoms with Crippen molar-refractivity contribution in [1.82, 2.24) is 9.47 Å². The number of fused-ring (bicyclic) bond motifs is 1. The molecule has 112 valence electrons. The number of benzene rings is 1. The second-order valence-corrected chi connectivity index (χ2v) is 6.94. The quantitative estimate of drug-likeness (QED) is 0.873. The average molecular weight is 301 g/mol. The van der Waals surface area contributed by atoms with E-state index in [1.54, 1.807) is 0 Å². The molecule has 0 aliphatic carbocycles. The first-order valence-corrected chi connectivity index (χ1v) is 7.93. The van der Waals surface area contributed by atoms with Crippen LogP contribution in [0.3, 0.4) is 0 Å². The minimum absolute atomic E-state index is 0.337. The summed E-state index contributed by atoms with van der Waals surface area (Å²) in [6, 6.07) is 10.7. The highest BCUT2D eigenvalue weighted by Gasteiger charge is 2.25. The summed E-state index contributed by atoms with van der Waals surface area (Å²) >= 11 is 4.58. The largest absolute Gasteiger partial charge is 0.360 e. The third-order valence-corrected chi connectivity index (χ3v) is 4.12. The molecule has 21 heavy (non-hydrogen) atoms. The number of aromatic nitrogens is 1. The predicted octanol–water partition coefficient (Wildman–Crippen LogP) is 3.31. The maximum atomic E-state index is 4.58. The van der Waals surface area contributed by atoms with Crippen LogP contribution in [0.1, 0.15) is 12.5 Å². The van der Waals surface area contributed by atoms with Gasteiger partial charge in [-0.25, -0.2) is 0 Å². The van der Waals surface area contributed by atoms with E-state index in [0.717, 1.165) is 19.8 Å². The first-order chi connectivity index (χ1) is 10.1. The van der Waals surface area contributed by atoms with Crippen LogP contribution < -0.4 is 4.90 Å². The first kappa shape index (κ1) is 14.5. The van der Waals surface area contributed by atoms with Gasteiger partial charge in [0, 0.05) is 37.1 Å². The Hall–Kier alpha value is -1.39. The van der Waals surface area contributed by atoms with Crippen LogP contribution in [0, 0.1) is 0 Å². The number of thiol groups is 1. The van der Waals surface area contributed by atoms with Gasteiger partial charge in [0.2, 0.25) is 0 Å². The third kappa shape index (κ3) is 2.83. The average Bonchev–Trinajstić information content (AvgIpc) is 2.77. The van der Waals surface area contributed by atoms with E-state index in [-0.39, 0.29) is 0 Å². The van der Waals surface area contributed by atoms with E-state index >= 15 is 0 Å². The zero-order valence-electron chi connectivity index (χ0n) is 13.0. The molecule has 0 amide bonds. The molecule has 1 aromatic heterocycles. The standard InChI is InChI=1S/C17H23N3S/c1-13(21)9-20-11-16-15(10-18(2)12-19(16)3)17(20)14-7-5-4-6-8-14/h4-8,11,13,21H,9-10,12H2,1-3H3/t13-/m0/s1. The van der Waals surface area contributed by atoms with Crippen molar-refractivity contribution < 1.29 is 0 Å². The zero-order chi connectivity index (χ0) is 15.0. The summed E-state index contributed by atoms with van der Waals surface area (Å²) in [7, 11) is 4.34. The first-order valence-electron chi connectivity index (χ1n) is 7.41. The van der Waals surface area contributed by atoms with Crippen molar-refractivity contribution in [1.29, 1.82) is 0 Å². The molecule has 1 aromatic carbocycles. The van der Waals surface area contributed by atoms with Crippen molar-refractivity contribution in [3.05, 3.63) is 42.1 Å². The van der Waals surface area contributed by atoms with Crippen LogP contribution >= 0.6 is 12.6 Å². The summed E-state index contributed by atoms with van der Waals surface area (Å²) in [5.41, 5.74) is 5.40. The van der Waals surface area contributed by atoms with E-state index in [1.807, 2.05) is 0 Å². The topological polar surface area (TPSA) is 11.4 Å². The van der Waals surface area contributed by atoms with Crippen molar-refractivity contribution in [2.75, 3.05) is 25.7 Å². The highest BCUT2D eigenvalue weighted by molar-refractivity contribution is 7.80. The van der Waals surface area contributed by atoms with Crippen molar-refractivity contribution >= 4 is 18.3 Å². The lowest BCUT2D eigenvalue weighted by atomic mass is 10.1. The lowest BCUT2D eigenvalue weighted by Gasteiger charge is -2.32. The summed E-state index contributed by atoms with van der Waals surface area (Å²) in [5, 5.41) is 0.337. The molecule has 4 heteroatoms. The molecule has 3 rings (SSSR count). The Morgan fingerprint density at radius 1 is 1.19 bits per heavy atom. The van der Waals surface area contributed by atoms with Crippen LogP contribution in [0.15, 0.2) is 36.5 Å². The number of anilines is 1. The molecular weight excluding hydrogens is 278 g/mol. The van der Waals surface area contributed by atoms with Gasteiger partial charge in [-0.05, 0) is 12.6 Å². The van der Waals surface area contributed by atoms with E-state index in [0.29, 0.717) is 5.25 Å². The van der Waals surface area contributed by atoms with Crippen molar-refractivity contribution in [3.8, 4) is 11.3 Å². The molecule has 0 fully saturated rings. The lowest BCUT2D eigenvalue weighted by molar-refractivity contribution is 0.317. The molecule has 0 unspecified atom stereocenters. The number of hydrogen-bond acceptors (Lipinski definition) is 3. The molecule has 1 atom stereocenters. The zero-order valence-corrected chi connectivity index (χ0v) is 13.8. The Balaban J connectivity index is 2.15. The Bertz CT molecular complexity index is 618. The van der Waals surface area contributed by atoms with Gasteiger partial charge < -0.3 is 9.47 Å². The SMILES string of the molecule is C[C@H](S)Cn1cc2c(c1-c1ccccc1)CN(C)CN2C. The van der Waals surface area contributed by atoms with Crippen molar-refractivity contribution in [2.24, 2.45) is 0 Å². The summed E-state index contributed by atoms with van der Waals surface area (Å²) in [5.74, 6) is 0. The van der Waals surface area contributed by atoms with Crippen LogP contribution in [0.25, 0.3) is 11.3 Å². The van der Waals surface area contributed by atoms with E-state index in [9.17, 15) is 0 Å². The van der Waals surface area contributed by atoms with Crippen LogP contribution in [0.2, 0.25) is 0 Å². The number of rotatable bonds is 3. The van der Waals surface area contributed by atoms with Gasteiger partial charge in [0.05, 0.1) is 18.1 Å². The van der Waals surface area contributed by atoms with Crippen LogP contribution in [0.5, 0.6) is 0 Å². The maximum absolute atomic E-state index is 4.58. The van der Waals surface area contributed by atoms with Gasteiger partial charge in [0.15, 0.2) is 0 Å². The lowest BCUT2D eigenvalue weighted by Crippen LogP contribution is -2.37. The molecule has 2 heterocycles. The van der Waals surface area contributed by atoms with Gasteiger partial charge >= 0.3 is 0 Å². The van der Waals surface area contributed by atoms with Crippen LogP contribution in [-0.2, 0) is 13.1 Å². The minimum Gasteiger partial charge on any atom is -0.360 e. The normalized spacial score (nSPS) is 16.9. The molecule has 0 N–H and O–H groups in total. The molecule has 2 aromatic rings. The summed E-state index contributed by atoms with van der Waals surface area (Å²) in [6.45, 7) is 5.05. The smallest absolute Gasteiger partial charge is 0.0704 e. The molecular formula is C17H23N3S. The monoisotopic (exact) mass is 301 g/mol.